The Hall–Kier alpha value is -3.33. The largest absolute Gasteiger partial charge is 0.502 e. The molecule has 2 heterocycles. The third-order valence-electron chi connectivity index (χ3n) is 4.13. The number of benzene rings is 1. The van der Waals surface area contributed by atoms with Crippen molar-refractivity contribution in [2.24, 2.45) is 0 Å². The van der Waals surface area contributed by atoms with E-state index < -0.39 is 5.97 Å². The molecule has 9 heteroatoms. The number of esters is 1. The Bertz CT molecular complexity index is 1120. The number of aromatic amines is 1. The van der Waals surface area contributed by atoms with Gasteiger partial charge in [0.25, 0.3) is 5.56 Å². The number of thiophene rings is 1. The average Bonchev–Trinajstić information content (AvgIpc) is 3.03. The van der Waals surface area contributed by atoms with E-state index in [4.69, 9.17) is 14.2 Å². The van der Waals surface area contributed by atoms with Crippen LogP contribution in [0.1, 0.15) is 26.6 Å². The number of aromatic hydroxyl groups is 1. The molecule has 28 heavy (non-hydrogen) atoms. The number of rotatable bonds is 5. The molecule has 0 spiro atoms. The highest BCUT2D eigenvalue weighted by molar-refractivity contribution is 7.20. The summed E-state index contributed by atoms with van der Waals surface area (Å²) in [6, 6.07) is 3.24. The predicted molar refractivity (Wildman–Crippen MR) is 106 cm³/mol. The minimum atomic E-state index is -0.500. The van der Waals surface area contributed by atoms with Crippen LogP contribution in [0.2, 0.25) is 0 Å². The van der Waals surface area contributed by atoms with Gasteiger partial charge in [0, 0.05) is 0 Å². The van der Waals surface area contributed by atoms with E-state index >= 15 is 0 Å². The third kappa shape index (κ3) is 3.44. The Balaban J connectivity index is 2.03. The number of phenols is 1. The lowest BCUT2D eigenvalue weighted by Gasteiger charge is -2.09. The summed E-state index contributed by atoms with van der Waals surface area (Å²) in [5.74, 6) is 0.237. The molecule has 3 aromatic rings. The maximum atomic E-state index is 12.5. The van der Waals surface area contributed by atoms with Crippen LogP contribution in [-0.4, -0.2) is 42.4 Å². The van der Waals surface area contributed by atoms with Gasteiger partial charge in [-0.1, -0.05) is 6.08 Å². The SMILES string of the molecule is COC(=O)c1sc2nc(/C=C/c3cc(OC)c(O)c(OC)c3)[nH]c(=O)c2c1C. The Morgan fingerprint density at radius 1 is 1.18 bits per heavy atom. The first-order valence-corrected chi connectivity index (χ1v) is 8.96. The Kier molecular flexibility index (Phi) is 5.36. The van der Waals surface area contributed by atoms with E-state index in [1.54, 1.807) is 31.2 Å². The second-order valence-corrected chi connectivity index (χ2v) is 6.79. The number of hydrogen-bond donors (Lipinski definition) is 2. The topological polar surface area (TPSA) is 111 Å². The number of ether oxygens (including phenoxy) is 3. The fourth-order valence-corrected chi connectivity index (χ4v) is 3.82. The highest BCUT2D eigenvalue weighted by atomic mass is 32.1. The molecule has 146 valence electrons. The molecule has 0 aliphatic heterocycles. The highest BCUT2D eigenvalue weighted by Crippen LogP contribution is 2.37. The normalized spacial score (nSPS) is 11.1. The summed E-state index contributed by atoms with van der Waals surface area (Å²) in [6.45, 7) is 1.69. The number of nitrogens with one attached hydrogen (secondary N) is 1. The summed E-state index contributed by atoms with van der Waals surface area (Å²) in [7, 11) is 4.16. The van der Waals surface area contributed by atoms with Gasteiger partial charge in [-0.15, -0.1) is 11.3 Å². The molecule has 8 nitrogen and oxygen atoms in total. The summed E-state index contributed by atoms with van der Waals surface area (Å²) in [6.07, 6.45) is 3.30. The van der Waals surface area contributed by atoms with Gasteiger partial charge in [0.05, 0.1) is 26.7 Å². The van der Waals surface area contributed by atoms with E-state index in [1.807, 2.05) is 0 Å². The first-order valence-electron chi connectivity index (χ1n) is 8.14. The van der Waals surface area contributed by atoms with Gasteiger partial charge in [0.2, 0.25) is 5.75 Å². The molecule has 2 N–H and O–H groups in total. The zero-order valence-electron chi connectivity index (χ0n) is 15.7. The molecule has 0 amide bonds. The van der Waals surface area contributed by atoms with Crippen molar-refractivity contribution in [2.45, 2.75) is 6.92 Å². The minimum Gasteiger partial charge on any atom is -0.502 e. The second-order valence-electron chi connectivity index (χ2n) is 5.79. The van der Waals surface area contributed by atoms with Crippen molar-refractivity contribution in [1.82, 2.24) is 9.97 Å². The number of aromatic nitrogens is 2. The van der Waals surface area contributed by atoms with Crippen LogP contribution >= 0.6 is 11.3 Å². The lowest BCUT2D eigenvalue weighted by Crippen LogP contribution is -2.09. The second kappa shape index (κ2) is 7.73. The number of H-pyrrole nitrogens is 1. The van der Waals surface area contributed by atoms with Crippen LogP contribution in [-0.2, 0) is 4.74 Å². The van der Waals surface area contributed by atoms with Crippen LogP contribution < -0.4 is 15.0 Å². The maximum Gasteiger partial charge on any atom is 0.348 e. The van der Waals surface area contributed by atoms with Crippen molar-refractivity contribution < 1.29 is 24.1 Å². The number of aryl methyl sites for hydroxylation is 1. The van der Waals surface area contributed by atoms with E-state index in [-0.39, 0.29) is 22.8 Å². The molecule has 1 aromatic carbocycles. The molecule has 0 aliphatic carbocycles. The molecule has 0 fully saturated rings. The van der Waals surface area contributed by atoms with E-state index in [0.717, 1.165) is 11.3 Å². The van der Waals surface area contributed by atoms with Gasteiger partial charge in [-0.3, -0.25) is 4.79 Å². The quantitative estimate of drug-likeness (QED) is 0.631. The van der Waals surface area contributed by atoms with Crippen LogP contribution in [0.15, 0.2) is 16.9 Å². The molecule has 0 saturated heterocycles. The predicted octanol–water partition coefficient (Wildman–Crippen LogP) is 2.97. The molecule has 3 rings (SSSR count). The van der Waals surface area contributed by atoms with Crippen LogP contribution in [0, 0.1) is 6.92 Å². The van der Waals surface area contributed by atoms with Crippen LogP contribution in [0.3, 0.4) is 0 Å². The molecule has 0 aliphatic rings. The van der Waals surface area contributed by atoms with Gasteiger partial charge in [-0.2, -0.15) is 0 Å². The van der Waals surface area contributed by atoms with Crippen LogP contribution in [0.5, 0.6) is 17.2 Å². The fourth-order valence-electron chi connectivity index (χ4n) is 2.71. The van der Waals surface area contributed by atoms with E-state index in [1.165, 1.54) is 21.3 Å². The van der Waals surface area contributed by atoms with Gasteiger partial charge >= 0.3 is 5.97 Å². The number of nitrogens with zero attached hydrogens (tertiary/aromatic N) is 1. The van der Waals surface area contributed by atoms with Crippen molar-refractivity contribution in [3.63, 3.8) is 0 Å². The van der Waals surface area contributed by atoms with Crippen molar-refractivity contribution >= 4 is 39.7 Å². The zero-order chi connectivity index (χ0) is 20.4. The highest BCUT2D eigenvalue weighted by Gasteiger charge is 2.19. The van der Waals surface area contributed by atoms with E-state index in [9.17, 15) is 14.7 Å². The van der Waals surface area contributed by atoms with Crippen molar-refractivity contribution in [2.75, 3.05) is 21.3 Å². The summed E-state index contributed by atoms with van der Waals surface area (Å²) in [5.41, 5.74) is 0.880. The molecule has 0 bridgehead atoms. The first kappa shape index (κ1) is 19.4. The number of hydrogen-bond acceptors (Lipinski definition) is 8. The summed E-state index contributed by atoms with van der Waals surface area (Å²) >= 11 is 1.11. The lowest BCUT2D eigenvalue weighted by molar-refractivity contribution is 0.0605. The smallest absolute Gasteiger partial charge is 0.348 e. The molecule has 0 unspecified atom stereocenters. The van der Waals surface area contributed by atoms with Gasteiger partial charge in [0.15, 0.2) is 11.5 Å². The Morgan fingerprint density at radius 2 is 1.82 bits per heavy atom. The lowest BCUT2D eigenvalue weighted by atomic mass is 10.1. The molecule has 2 aromatic heterocycles. The molecule has 0 atom stereocenters. The number of methoxy groups -OCH3 is 3. The first-order chi connectivity index (χ1) is 13.4. The molecule has 0 saturated carbocycles. The van der Waals surface area contributed by atoms with Crippen LogP contribution in [0.25, 0.3) is 22.4 Å². The Labute approximate surface area is 164 Å². The summed E-state index contributed by atoms with van der Waals surface area (Å²) in [5, 5.41) is 10.3. The maximum absolute atomic E-state index is 12.5. The average molecular weight is 402 g/mol. The molecule has 0 radical (unpaired) electrons. The van der Waals surface area contributed by atoms with Gasteiger partial charge in [-0.05, 0) is 36.3 Å². The molecular formula is C19H18N2O6S. The summed E-state index contributed by atoms with van der Waals surface area (Å²) in [4.78, 5) is 32.2. The number of carbonyl (C=O) groups is 1. The van der Waals surface area contributed by atoms with Crippen LogP contribution in [0.4, 0.5) is 0 Å². The van der Waals surface area contributed by atoms with Gasteiger partial charge in [0.1, 0.15) is 15.5 Å². The summed E-state index contributed by atoms with van der Waals surface area (Å²) < 4.78 is 15.0. The third-order valence-corrected chi connectivity index (χ3v) is 5.29. The zero-order valence-corrected chi connectivity index (χ0v) is 16.5. The van der Waals surface area contributed by atoms with Gasteiger partial charge in [-0.25, -0.2) is 9.78 Å². The molecular weight excluding hydrogens is 384 g/mol. The van der Waals surface area contributed by atoms with Crippen molar-refractivity contribution in [3.05, 3.63) is 44.3 Å². The van der Waals surface area contributed by atoms with Crippen molar-refractivity contribution in [1.29, 1.82) is 0 Å². The fraction of sp³-hybridized carbons (Fsp3) is 0.211. The number of fused-ring (bicyclic) bond motifs is 1. The number of carbonyl (C=O) groups excluding carboxylic acids is 1. The van der Waals surface area contributed by atoms with Crippen molar-refractivity contribution in [3.8, 4) is 17.2 Å². The van der Waals surface area contributed by atoms with E-state index in [0.29, 0.717) is 32.0 Å². The number of phenolic OH excluding ortho intramolecular Hbond substituents is 1. The van der Waals surface area contributed by atoms with E-state index in [2.05, 4.69) is 9.97 Å². The standard InChI is InChI=1S/C19H18N2O6S/c1-9-14-17(23)20-13(21-18(14)28-16(9)19(24)27-4)6-5-10-7-11(25-2)15(22)12(8-10)26-3/h5-8,22H,1-4H3,(H,20,21,23)/b6-5+. The van der Waals surface area contributed by atoms with Gasteiger partial charge < -0.3 is 24.3 Å². The Morgan fingerprint density at radius 3 is 2.39 bits per heavy atom. The minimum absolute atomic E-state index is 0.0977. The monoisotopic (exact) mass is 402 g/mol.